The molecule has 2 aliphatic heterocycles. The number of hydrogen-bond acceptors (Lipinski definition) is 4. The van der Waals surface area contributed by atoms with Gasteiger partial charge in [0.05, 0.1) is 19.3 Å². The second-order valence-electron chi connectivity index (χ2n) is 6.86. The molecule has 2 aromatic rings. The van der Waals surface area contributed by atoms with E-state index in [9.17, 15) is 0 Å². The summed E-state index contributed by atoms with van der Waals surface area (Å²) in [6, 6.07) is 11.7. The van der Waals surface area contributed by atoms with Gasteiger partial charge in [0.2, 0.25) is 0 Å². The molecule has 1 aromatic carbocycles. The Morgan fingerprint density at radius 2 is 2.04 bits per heavy atom. The third-order valence-corrected chi connectivity index (χ3v) is 5.36. The number of piperazine rings is 1. The summed E-state index contributed by atoms with van der Waals surface area (Å²) in [7, 11) is 2.07. The average Bonchev–Trinajstić information content (AvgIpc) is 3.05. The van der Waals surface area contributed by atoms with Crippen molar-refractivity contribution < 1.29 is 4.74 Å². The van der Waals surface area contributed by atoms with Crippen LogP contribution in [0.2, 0.25) is 0 Å². The third-order valence-electron chi connectivity index (χ3n) is 5.36. The van der Waals surface area contributed by atoms with Crippen LogP contribution in [0.5, 0.6) is 0 Å². The molecule has 4 rings (SSSR count). The smallest absolute Gasteiger partial charge is 0.109 e. The molecule has 5 nitrogen and oxygen atoms in total. The van der Waals surface area contributed by atoms with Gasteiger partial charge in [-0.1, -0.05) is 30.3 Å². The van der Waals surface area contributed by atoms with Crippen LogP contribution in [0.3, 0.4) is 0 Å². The van der Waals surface area contributed by atoms with Gasteiger partial charge in [-0.05, 0) is 5.56 Å². The van der Waals surface area contributed by atoms with Crippen molar-refractivity contribution in [3.05, 3.63) is 54.1 Å². The molecule has 0 spiro atoms. The first-order valence-corrected chi connectivity index (χ1v) is 8.88. The van der Waals surface area contributed by atoms with Crippen LogP contribution in [0, 0.1) is 0 Å². The predicted molar refractivity (Wildman–Crippen MR) is 93.8 cm³/mol. The SMILES string of the molecule is Cn1ccnc1CCN1CCN2[C@@H](COC[C@@H]2c2ccccc2)C1. The lowest BCUT2D eigenvalue weighted by atomic mass is 10.00. The summed E-state index contributed by atoms with van der Waals surface area (Å²) >= 11 is 0. The van der Waals surface area contributed by atoms with Crippen LogP contribution < -0.4 is 0 Å². The highest BCUT2D eigenvalue weighted by Crippen LogP contribution is 2.29. The zero-order valence-electron chi connectivity index (χ0n) is 14.3. The topological polar surface area (TPSA) is 33.5 Å². The molecule has 128 valence electrons. The third kappa shape index (κ3) is 3.24. The number of aromatic nitrogens is 2. The maximum Gasteiger partial charge on any atom is 0.109 e. The molecule has 2 aliphatic rings. The van der Waals surface area contributed by atoms with E-state index in [1.165, 1.54) is 11.4 Å². The van der Waals surface area contributed by atoms with E-state index in [0.717, 1.165) is 45.8 Å². The van der Waals surface area contributed by atoms with Crippen LogP contribution in [0.4, 0.5) is 0 Å². The molecule has 0 amide bonds. The number of ether oxygens (including phenoxy) is 1. The molecule has 24 heavy (non-hydrogen) atoms. The fourth-order valence-electron chi connectivity index (χ4n) is 3.97. The lowest BCUT2D eigenvalue weighted by molar-refractivity contribution is -0.0821. The predicted octanol–water partition coefficient (Wildman–Crippen LogP) is 1.72. The number of morpholine rings is 1. The Bertz CT molecular complexity index is 656. The zero-order chi connectivity index (χ0) is 16.4. The van der Waals surface area contributed by atoms with E-state index >= 15 is 0 Å². The van der Waals surface area contributed by atoms with Crippen LogP contribution in [-0.4, -0.2) is 64.8 Å². The fourth-order valence-corrected chi connectivity index (χ4v) is 3.97. The molecular weight excluding hydrogens is 300 g/mol. The molecule has 2 fully saturated rings. The summed E-state index contributed by atoms with van der Waals surface area (Å²) in [6.07, 6.45) is 4.92. The minimum atomic E-state index is 0.404. The van der Waals surface area contributed by atoms with Crippen LogP contribution in [0.15, 0.2) is 42.7 Å². The maximum atomic E-state index is 5.94. The molecule has 0 unspecified atom stereocenters. The van der Waals surface area contributed by atoms with E-state index < -0.39 is 0 Å². The standard InChI is InChI=1S/C19H26N4O/c1-21-10-8-20-19(21)7-9-22-11-12-23-17(13-22)14-24-15-18(23)16-5-3-2-4-6-16/h2-6,8,10,17-18H,7,9,11-15H2,1H3/t17-,18-/m1/s1. The maximum absolute atomic E-state index is 5.94. The first-order chi connectivity index (χ1) is 11.8. The molecule has 0 bridgehead atoms. The normalized spacial score (nSPS) is 25.5. The highest BCUT2D eigenvalue weighted by Gasteiger charge is 2.36. The summed E-state index contributed by atoms with van der Waals surface area (Å²) in [5.74, 6) is 1.17. The van der Waals surface area contributed by atoms with Crippen molar-refractivity contribution in [1.82, 2.24) is 19.4 Å². The number of rotatable bonds is 4. The lowest BCUT2D eigenvalue weighted by Gasteiger charge is -2.48. The summed E-state index contributed by atoms with van der Waals surface area (Å²) in [6.45, 7) is 6.08. The fraction of sp³-hybridized carbons (Fsp3) is 0.526. The second-order valence-corrected chi connectivity index (χ2v) is 6.86. The van der Waals surface area contributed by atoms with Crippen molar-refractivity contribution in [2.24, 2.45) is 7.05 Å². The molecule has 5 heteroatoms. The van der Waals surface area contributed by atoms with E-state index in [-0.39, 0.29) is 0 Å². The van der Waals surface area contributed by atoms with Crippen LogP contribution >= 0.6 is 0 Å². The zero-order valence-corrected chi connectivity index (χ0v) is 14.3. The Hall–Kier alpha value is -1.69. The van der Waals surface area contributed by atoms with Gasteiger partial charge in [-0.15, -0.1) is 0 Å². The lowest BCUT2D eigenvalue weighted by Crippen LogP contribution is -2.59. The second kappa shape index (κ2) is 7.05. The van der Waals surface area contributed by atoms with Gasteiger partial charge in [0, 0.05) is 58.1 Å². The average molecular weight is 326 g/mol. The molecule has 1 aromatic heterocycles. The highest BCUT2D eigenvalue weighted by atomic mass is 16.5. The quantitative estimate of drug-likeness (QED) is 0.857. The number of nitrogens with zero attached hydrogens (tertiary/aromatic N) is 4. The van der Waals surface area contributed by atoms with Gasteiger partial charge in [-0.25, -0.2) is 4.98 Å². The van der Waals surface area contributed by atoms with E-state index in [0.29, 0.717) is 12.1 Å². The molecule has 2 saturated heterocycles. The minimum absolute atomic E-state index is 0.404. The van der Waals surface area contributed by atoms with Gasteiger partial charge in [0.1, 0.15) is 5.82 Å². The molecule has 0 saturated carbocycles. The van der Waals surface area contributed by atoms with E-state index in [4.69, 9.17) is 4.74 Å². The van der Waals surface area contributed by atoms with Crippen LogP contribution in [0.25, 0.3) is 0 Å². The van der Waals surface area contributed by atoms with Crippen molar-refractivity contribution in [3.63, 3.8) is 0 Å². The Morgan fingerprint density at radius 3 is 2.83 bits per heavy atom. The van der Waals surface area contributed by atoms with Gasteiger partial charge >= 0.3 is 0 Å². The molecule has 3 heterocycles. The van der Waals surface area contributed by atoms with Crippen molar-refractivity contribution in [1.29, 1.82) is 0 Å². The van der Waals surface area contributed by atoms with E-state index in [1.54, 1.807) is 0 Å². The van der Waals surface area contributed by atoms with Crippen LogP contribution in [-0.2, 0) is 18.2 Å². The molecule has 2 atom stereocenters. The summed E-state index contributed by atoms with van der Waals surface area (Å²) < 4.78 is 8.06. The minimum Gasteiger partial charge on any atom is -0.378 e. The van der Waals surface area contributed by atoms with Crippen LogP contribution in [0.1, 0.15) is 17.4 Å². The largest absolute Gasteiger partial charge is 0.378 e. The Labute approximate surface area is 143 Å². The van der Waals surface area contributed by atoms with Crippen molar-refractivity contribution in [2.45, 2.75) is 18.5 Å². The summed E-state index contributed by atoms with van der Waals surface area (Å²) in [4.78, 5) is 9.65. The Morgan fingerprint density at radius 1 is 1.17 bits per heavy atom. The van der Waals surface area contributed by atoms with E-state index in [1.807, 2.05) is 12.4 Å². The first kappa shape index (κ1) is 15.8. The number of benzene rings is 1. The van der Waals surface area contributed by atoms with Crippen molar-refractivity contribution in [3.8, 4) is 0 Å². The number of aryl methyl sites for hydroxylation is 1. The van der Waals surface area contributed by atoms with Crippen molar-refractivity contribution in [2.75, 3.05) is 39.4 Å². The molecule has 0 radical (unpaired) electrons. The Kier molecular flexibility index (Phi) is 4.65. The number of hydrogen-bond donors (Lipinski definition) is 0. The molecule has 0 N–H and O–H groups in total. The summed E-state index contributed by atoms with van der Waals surface area (Å²) in [5, 5.41) is 0. The Balaban J connectivity index is 1.38. The van der Waals surface area contributed by atoms with Gasteiger partial charge in [-0.3, -0.25) is 9.80 Å². The van der Waals surface area contributed by atoms with Gasteiger partial charge < -0.3 is 9.30 Å². The summed E-state index contributed by atoms with van der Waals surface area (Å²) in [5.41, 5.74) is 1.38. The molecular formula is C19H26N4O. The van der Waals surface area contributed by atoms with E-state index in [2.05, 4.69) is 56.7 Å². The number of fused-ring (bicyclic) bond motifs is 1. The van der Waals surface area contributed by atoms with Gasteiger partial charge in [-0.2, -0.15) is 0 Å². The monoisotopic (exact) mass is 326 g/mol. The van der Waals surface area contributed by atoms with Gasteiger partial charge in [0.15, 0.2) is 0 Å². The highest BCUT2D eigenvalue weighted by molar-refractivity contribution is 5.20. The van der Waals surface area contributed by atoms with Crippen molar-refractivity contribution >= 4 is 0 Å². The van der Waals surface area contributed by atoms with Gasteiger partial charge in [0.25, 0.3) is 0 Å². The first-order valence-electron chi connectivity index (χ1n) is 8.88. The molecule has 0 aliphatic carbocycles. The number of imidazole rings is 1.